The lowest BCUT2D eigenvalue weighted by molar-refractivity contribution is -0.113. The van der Waals surface area contributed by atoms with Gasteiger partial charge in [0.25, 0.3) is 0 Å². The first-order chi connectivity index (χ1) is 10.4. The van der Waals surface area contributed by atoms with Gasteiger partial charge in [-0.1, -0.05) is 0 Å². The molecular weight excluding hydrogens is 312 g/mol. The molecule has 0 saturated carbocycles. The fourth-order valence-electron chi connectivity index (χ4n) is 2.12. The number of nitrogens with one attached hydrogen (secondary N) is 2. The van der Waals surface area contributed by atoms with Gasteiger partial charge < -0.3 is 20.8 Å². The Hall–Kier alpha value is -2.48. The van der Waals surface area contributed by atoms with Gasteiger partial charge in [0.15, 0.2) is 0 Å². The monoisotopic (exact) mass is 326 g/mol. The van der Waals surface area contributed by atoms with Gasteiger partial charge in [-0.15, -0.1) is 11.6 Å². The van der Waals surface area contributed by atoms with E-state index in [1.165, 1.54) is 10.7 Å². The number of nitrogens with zero attached hydrogens (tertiary/aromatic N) is 2. The first-order valence-electron chi connectivity index (χ1n) is 6.45. The number of rotatable bonds is 5. The topological polar surface area (TPSA) is 116 Å². The second kappa shape index (κ2) is 6.52. The molecule has 2 aromatic rings. The van der Waals surface area contributed by atoms with E-state index in [0.717, 1.165) is 0 Å². The zero-order chi connectivity index (χ0) is 16.3. The van der Waals surface area contributed by atoms with E-state index >= 15 is 0 Å². The average molecular weight is 327 g/mol. The Morgan fingerprint density at radius 2 is 2.18 bits per heavy atom. The van der Waals surface area contributed by atoms with E-state index in [1.54, 1.807) is 19.2 Å². The van der Waals surface area contributed by atoms with Crippen molar-refractivity contribution in [3.05, 3.63) is 18.3 Å². The van der Waals surface area contributed by atoms with Crippen LogP contribution in [0.3, 0.4) is 0 Å². The van der Waals surface area contributed by atoms with E-state index in [9.17, 15) is 14.7 Å². The number of anilines is 1. The van der Waals surface area contributed by atoms with Crippen LogP contribution in [0, 0.1) is 0 Å². The summed E-state index contributed by atoms with van der Waals surface area (Å²) in [5.74, 6) is -0.832. The molecule has 0 fully saturated rings. The minimum atomic E-state index is -1.14. The molecule has 118 valence electrons. The standard InChI is InChI=1S/C13H15ClN4O4/c1-7(16-13(21)22)6-18-12-8(5-15-18)2-3-9(19)11(12)17-10(20)4-14/h2-3,5,7,16,19H,4,6H2,1H3,(H,17,20)(H,21,22). The maximum absolute atomic E-state index is 11.5. The summed E-state index contributed by atoms with van der Waals surface area (Å²) in [6, 6.07) is 2.69. The molecule has 0 radical (unpaired) electrons. The van der Waals surface area contributed by atoms with E-state index in [-0.39, 0.29) is 23.9 Å². The molecule has 0 bridgehead atoms. The summed E-state index contributed by atoms with van der Waals surface area (Å²) in [5.41, 5.74) is 0.695. The Kier molecular flexibility index (Phi) is 4.71. The van der Waals surface area contributed by atoms with Crippen molar-refractivity contribution in [1.29, 1.82) is 0 Å². The minimum Gasteiger partial charge on any atom is -0.506 e. The fourth-order valence-corrected chi connectivity index (χ4v) is 2.19. The third-order valence-electron chi connectivity index (χ3n) is 2.98. The van der Waals surface area contributed by atoms with Gasteiger partial charge in [0.2, 0.25) is 5.91 Å². The molecule has 9 heteroatoms. The summed E-state index contributed by atoms with van der Waals surface area (Å²) >= 11 is 5.47. The average Bonchev–Trinajstić information content (AvgIpc) is 2.84. The lowest BCUT2D eigenvalue weighted by atomic mass is 10.2. The summed E-state index contributed by atoms with van der Waals surface area (Å²) in [6.07, 6.45) is 0.431. The molecule has 1 atom stereocenters. The quantitative estimate of drug-likeness (QED) is 0.491. The normalized spacial score (nSPS) is 12.1. The summed E-state index contributed by atoms with van der Waals surface area (Å²) in [4.78, 5) is 22.2. The number of hydrogen-bond donors (Lipinski definition) is 4. The maximum Gasteiger partial charge on any atom is 0.404 e. The largest absolute Gasteiger partial charge is 0.506 e. The Bertz CT molecular complexity index is 715. The minimum absolute atomic E-state index is 0.119. The van der Waals surface area contributed by atoms with Gasteiger partial charge in [0.1, 0.15) is 17.3 Å². The van der Waals surface area contributed by atoms with E-state index in [1.807, 2.05) is 0 Å². The van der Waals surface area contributed by atoms with Crippen molar-refractivity contribution in [3.63, 3.8) is 0 Å². The Labute approximate surface area is 130 Å². The van der Waals surface area contributed by atoms with Gasteiger partial charge in [-0.05, 0) is 19.1 Å². The Balaban J connectivity index is 2.41. The number of fused-ring (bicyclic) bond motifs is 1. The van der Waals surface area contributed by atoms with Crippen molar-refractivity contribution in [1.82, 2.24) is 15.1 Å². The number of hydrogen-bond acceptors (Lipinski definition) is 4. The van der Waals surface area contributed by atoms with Crippen molar-refractivity contribution >= 4 is 40.2 Å². The number of carbonyl (C=O) groups excluding carboxylic acids is 1. The summed E-state index contributed by atoms with van der Waals surface area (Å²) in [7, 11) is 0. The van der Waals surface area contributed by atoms with Crippen LogP contribution in [0.25, 0.3) is 10.9 Å². The predicted molar refractivity (Wildman–Crippen MR) is 81.4 cm³/mol. The highest BCUT2D eigenvalue weighted by Crippen LogP contribution is 2.32. The van der Waals surface area contributed by atoms with Crippen LogP contribution < -0.4 is 10.6 Å². The van der Waals surface area contributed by atoms with Gasteiger partial charge in [0.05, 0.1) is 18.3 Å². The van der Waals surface area contributed by atoms with Crippen LogP contribution >= 0.6 is 11.6 Å². The van der Waals surface area contributed by atoms with Crippen LogP contribution in [0.15, 0.2) is 18.3 Å². The van der Waals surface area contributed by atoms with E-state index in [2.05, 4.69) is 15.7 Å². The van der Waals surface area contributed by atoms with Gasteiger partial charge in [-0.25, -0.2) is 4.79 Å². The second-order valence-corrected chi connectivity index (χ2v) is 5.02. The molecular formula is C13H15ClN4O4. The van der Waals surface area contributed by atoms with Gasteiger partial charge in [-0.2, -0.15) is 5.10 Å². The third-order valence-corrected chi connectivity index (χ3v) is 3.23. The van der Waals surface area contributed by atoms with Crippen molar-refractivity contribution in [3.8, 4) is 5.75 Å². The third kappa shape index (κ3) is 3.40. The van der Waals surface area contributed by atoms with Gasteiger partial charge in [-0.3, -0.25) is 9.48 Å². The number of aromatic hydroxyl groups is 1. The van der Waals surface area contributed by atoms with Crippen molar-refractivity contribution in [2.24, 2.45) is 0 Å². The zero-order valence-corrected chi connectivity index (χ0v) is 12.5. The SMILES string of the molecule is CC(Cn1ncc2ccc(O)c(NC(=O)CCl)c21)NC(=O)O. The molecule has 22 heavy (non-hydrogen) atoms. The number of carboxylic acid groups (broad SMARTS) is 1. The van der Waals surface area contributed by atoms with Crippen LogP contribution in [0.2, 0.25) is 0 Å². The molecule has 2 rings (SSSR count). The number of aromatic nitrogens is 2. The van der Waals surface area contributed by atoms with Gasteiger partial charge >= 0.3 is 6.09 Å². The molecule has 0 spiro atoms. The highest BCUT2D eigenvalue weighted by molar-refractivity contribution is 6.29. The Morgan fingerprint density at radius 3 is 2.82 bits per heavy atom. The molecule has 1 unspecified atom stereocenters. The summed E-state index contributed by atoms with van der Waals surface area (Å²) < 4.78 is 1.51. The number of phenols is 1. The Morgan fingerprint density at radius 1 is 1.45 bits per heavy atom. The molecule has 1 heterocycles. The molecule has 1 aromatic carbocycles. The number of amides is 2. The smallest absolute Gasteiger partial charge is 0.404 e. The lowest BCUT2D eigenvalue weighted by Crippen LogP contribution is -2.34. The number of carbonyl (C=O) groups is 2. The van der Waals surface area contributed by atoms with Crippen molar-refractivity contribution in [2.45, 2.75) is 19.5 Å². The van der Waals surface area contributed by atoms with Crippen LogP contribution in [-0.2, 0) is 11.3 Å². The molecule has 1 aromatic heterocycles. The van der Waals surface area contributed by atoms with E-state index in [0.29, 0.717) is 10.9 Å². The lowest BCUT2D eigenvalue weighted by Gasteiger charge is -2.14. The van der Waals surface area contributed by atoms with Crippen LogP contribution in [0.5, 0.6) is 5.75 Å². The first kappa shape index (κ1) is 15.9. The zero-order valence-electron chi connectivity index (χ0n) is 11.7. The van der Waals surface area contributed by atoms with Gasteiger partial charge in [0, 0.05) is 11.4 Å². The summed E-state index contributed by atoms with van der Waals surface area (Å²) in [6.45, 7) is 1.92. The van der Waals surface area contributed by atoms with Crippen LogP contribution in [0.4, 0.5) is 10.5 Å². The number of alkyl halides is 1. The molecule has 0 aliphatic carbocycles. The molecule has 0 saturated heterocycles. The van der Waals surface area contributed by atoms with Crippen LogP contribution in [-0.4, -0.2) is 43.9 Å². The van der Waals surface area contributed by atoms with Crippen molar-refractivity contribution < 1.29 is 19.8 Å². The number of halogens is 1. The van der Waals surface area contributed by atoms with Crippen LogP contribution in [0.1, 0.15) is 6.92 Å². The highest BCUT2D eigenvalue weighted by atomic mass is 35.5. The van der Waals surface area contributed by atoms with E-state index in [4.69, 9.17) is 16.7 Å². The maximum atomic E-state index is 11.5. The molecule has 0 aliphatic rings. The first-order valence-corrected chi connectivity index (χ1v) is 6.98. The second-order valence-electron chi connectivity index (χ2n) is 4.76. The number of phenolic OH excluding ortho intramolecular Hbond substituents is 1. The molecule has 2 amide bonds. The molecule has 8 nitrogen and oxygen atoms in total. The molecule has 0 aliphatic heterocycles. The predicted octanol–water partition coefficient (Wildman–Crippen LogP) is 1.58. The summed E-state index contributed by atoms with van der Waals surface area (Å²) in [5, 5.41) is 28.4. The fraction of sp³-hybridized carbons (Fsp3) is 0.308. The number of benzene rings is 1. The van der Waals surface area contributed by atoms with Crippen molar-refractivity contribution in [2.75, 3.05) is 11.2 Å². The highest BCUT2D eigenvalue weighted by Gasteiger charge is 2.16. The molecule has 4 N–H and O–H groups in total. The van der Waals surface area contributed by atoms with E-state index < -0.39 is 18.0 Å².